The first-order chi connectivity index (χ1) is 22.9. The summed E-state index contributed by atoms with van der Waals surface area (Å²) in [4.78, 5) is 38.4. The van der Waals surface area contributed by atoms with Gasteiger partial charge in [0.2, 0.25) is 5.78 Å². The van der Waals surface area contributed by atoms with Gasteiger partial charge in [0.25, 0.3) is 0 Å². The Kier molecular flexibility index (Phi) is 13.4. The first-order valence-electron chi connectivity index (χ1n) is 13.5. The van der Waals surface area contributed by atoms with Crippen molar-refractivity contribution in [2.24, 2.45) is 0 Å². The van der Waals surface area contributed by atoms with Crippen LogP contribution < -0.4 is 8.61 Å². The molecule has 2 atom stereocenters. The van der Waals surface area contributed by atoms with Gasteiger partial charge in [-0.05, 0) is 35.4 Å². The predicted octanol–water partition coefficient (Wildman–Crippen LogP) is 6.48. The number of rotatable bonds is 14. The van der Waals surface area contributed by atoms with Gasteiger partial charge in [-0.1, -0.05) is 107 Å². The first-order valence-corrected chi connectivity index (χ1v) is 17.1. The number of hydrogen-bond donors (Lipinski definition) is 0. The minimum absolute atomic E-state index is 0.0652. The highest BCUT2D eigenvalue weighted by Crippen LogP contribution is 2.37. The molecule has 0 amide bonds. The highest BCUT2D eigenvalue weighted by Gasteiger charge is 2.26. The number of ether oxygens (including phenoxy) is 2. The van der Waals surface area contributed by atoms with Gasteiger partial charge in [0.15, 0.2) is 13.2 Å². The van der Waals surface area contributed by atoms with Crippen LogP contribution in [0.3, 0.4) is 0 Å². The molecule has 0 saturated carbocycles. The first kappa shape index (κ1) is 37.3. The quantitative estimate of drug-likeness (QED) is 0.103. The summed E-state index contributed by atoms with van der Waals surface area (Å²) in [7, 11) is 0. The molecule has 2 unspecified atom stereocenters. The summed E-state index contributed by atoms with van der Waals surface area (Å²) in [5.41, 5.74) is 0.354. The van der Waals surface area contributed by atoms with Gasteiger partial charge in [0.05, 0.1) is 55.7 Å². The van der Waals surface area contributed by atoms with Gasteiger partial charge in [0, 0.05) is 22.5 Å². The van der Waals surface area contributed by atoms with E-state index in [1.54, 1.807) is 60.7 Å². The molecule has 0 aliphatic carbocycles. The Balaban J connectivity index is 1.43. The maximum Gasteiger partial charge on any atom is 0.341 e. The largest absolute Gasteiger partial charge is 0.755 e. The van der Waals surface area contributed by atoms with Crippen LogP contribution in [0.5, 0.6) is 0 Å². The number of ketones is 1. The van der Waals surface area contributed by atoms with E-state index in [0.717, 1.165) is 8.61 Å². The lowest BCUT2D eigenvalue weighted by Crippen LogP contribution is -2.26. The van der Waals surface area contributed by atoms with E-state index in [9.17, 15) is 31.9 Å². The maximum absolute atomic E-state index is 12.9. The summed E-state index contributed by atoms with van der Waals surface area (Å²) < 4.78 is 60.1. The number of nitrogens with zero attached hydrogens (tertiary/aromatic N) is 2. The summed E-state index contributed by atoms with van der Waals surface area (Å²) in [6.07, 6.45) is 0. The van der Waals surface area contributed by atoms with Gasteiger partial charge in [-0.2, -0.15) is 0 Å². The molecule has 0 heterocycles. The van der Waals surface area contributed by atoms with Crippen LogP contribution in [0.15, 0.2) is 84.9 Å². The van der Waals surface area contributed by atoms with Crippen LogP contribution in [-0.2, 0) is 49.9 Å². The topological polar surface area (TPSA) is 156 Å². The fraction of sp³-hybridized carbons (Fsp3) is 0.129. The van der Waals surface area contributed by atoms with Crippen molar-refractivity contribution < 1.29 is 41.4 Å². The lowest BCUT2D eigenvalue weighted by atomic mass is 10.1. The zero-order chi connectivity index (χ0) is 35.0. The lowest BCUT2D eigenvalue weighted by molar-refractivity contribution is -0.125. The van der Waals surface area contributed by atoms with Gasteiger partial charge in [-0.25, -0.2) is 9.59 Å². The smallest absolute Gasteiger partial charge is 0.341 e. The number of halogens is 4. The van der Waals surface area contributed by atoms with E-state index in [-0.39, 0.29) is 44.6 Å². The third-order valence-electron chi connectivity index (χ3n) is 6.51. The zero-order valence-electron chi connectivity index (χ0n) is 24.3. The van der Waals surface area contributed by atoms with Gasteiger partial charge in [-0.15, -0.1) is 0 Å². The van der Waals surface area contributed by atoms with Crippen LogP contribution in [0.1, 0.15) is 31.8 Å². The normalized spacial score (nSPS) is 12.1. The van der Waals surface area contributed by atoms with Crippen LogP contribution in [0.4, 0.5) is 11.4 Å². The minimum Gasteiger partial charge on any atom is -0.755 e. The summed E-state index contributed by atoms with van der Waals surface area (Å²) >= 11 is 19.6. The number of esters is 2. The number of anilines is 2. The van der Waals surface area contributed by atoms with E-state index < -0.39 is 64.6 Å². The Bertz CT molecular complexity index is 1740. The van der Waals surface area contributed by atoms with Crippen molar-refractivity contribution in [3.05, 3.63) is 127 Å². The molecular formula is C31H22Cl4N2O9S2-2. The average Bonchev–Trinajstić information content (AvgIpc) is 3.05. The zero-order valence-corrected chi connectivity index (χ0v) is 29.0. The lowest BCUT2D eigenvalue weighted by Gasteiger charge is -2.28. The van der Waals surface area contributed by atoms with Crippen LogP contribution in [0, 0.1) is 0 Å². The molecule has 4 aromatic carbocycles. The standard InChI is InChI=1S/C31H24Cl4N2O9S2/c32-22-11-13-24(36(47(41)42)15-19-7-3-1-4-8-19)28(34)26(22)30(39)45-17-21(38)18-46-31(40)27-23(33)12-14-25(29(27)35)37(48(43)44)16-20-9-5-2-6-10-20/h1-14H,15-18H2,(H,41,42)(H,43,44)/p-2. The summed E-state index contributed by atoms with van der Waals surface area (Å²) in [5, 5.41) is -1.02. The van der Waals surface area contributed by atoms with E-state index >= 15 is 0 Å². The van der Waals surface area contributed by atoms with Gasteiger partial charge >= 0.3 is 11.9 Å². The molecule has 4 rings (SSSR count). The molecule has 0 spiro atoms. The van der Waals surface area contributed by atoms with Crippen molar-refractivity contribution in [2.75, 3.05) is 21.8 Å². The number of benzene rings is 4. The van der Waals surface area contributed by atoms with Crippen molar-refractivity contribution in [3.63, 3.8) is 0 Å². The van der Waals surface area contributed by atoms with Gasteiger partial charge in [-0.3, -0.25) is 21.8 Å². The van der Waals surface area contributed by atoms with E-state index in [0.29, 0.717) is 11.1 Å². The van der Waals surface area contributed by atoms with Crippen molar-refractivity contribution in [1.29, 1.82) is 0 Å². The predicted molar refractivity (Wildman–Crippen MR) is 182 cm³/mol. The fourth-order valence-corrected chi connectivity index (χ4v) is 6.74. The molecule has 0 aliphatic rings. The SMILES string of the molecule is O=C(COC(=O)c1c(Cl)ccc(N(Cc2ccccc2)S(=O)[O-])c1Cl)COC(=O)c1c(Cl)ccc(N(Cc2ccccc2)S(=O)[O-])c1Cl. The Morgan fingerprint density at radius 3 is 1.27 bits per heavy atom. The fourth-order valence-electron chi connectivity index (χ4n) is 4.26. The molecule has 11 nitrogen and oxygen atoms in total. The summed E-state index contributed by atoms with van der Waals surface area (Å²) in [6, 6.07) is 22.3. The van der Waals surface area contributed by atoms with Crippen LogP contribution >= 0.6 is 46.4 Å². The average molecular weight is 772 g/mol. The van der Waals surface area contributed by atoms with E-state index in [1.165, 1.54) is 24.3 Å². The van der Waals surface area contributed by atoms with Crippen molar-refractivity contribution in [2.45, 2.75) is 13.1 Å². The van der Waals surface area contributed by atoms with Crippen LogP contribution in [-0.4, -0.2) is 48.5 Å². The third-order valence-corrected chi connectivity index (χ3v) is 9.28. The number of carbonyl (C=O) groups excluding carboxylic acids is 3. The summed E-state index contributed by atoms with van der Waals surface area (Å²) in [6.45, 7) is -1.97. The Hall–Kier alpha value is -3.53. The molecule has 0 aromatic heterocycles. The molecule has 4 aromatic rings. The van der Waals surface area contributed by atoms with Crippen LogP contribution in [0.25, 0.3) is 0 Å². The second-order valence-electron chi connectivity index (χ2n) is 9.68. The molecule has 0 bridgehead atoms. The number of hydrogen-bond acceptors (Lipinski definition) is 9. The highest BCUT2D eigenvalue weighted by atomic mass is 35.5. The molecule has 0 radical (unpaired) electrons. The third kappa shape index (κ3) is 9.33. The molecular weight excluding hydrogens is 750 g/mol. The molecule has 48 heavy (non-hydrogen) atoms. The van der Waals surface area contributed by atoms with E-state index in [1.807, 2.05) is 0 Å². The Labute approximate surface area is 300 Å². The van der Waals surface area contributed by atoms with Crippen molar-refractivity contribution >= 4 is 98.0 Å². The molecule has 0 aliphatic heterocycles. The molecule has 17 heteroatoms. The van der Waals surface area contributed by atoms with Crippen LogP contribution in [0.2, 0.25) is 20.1 Å². The number of carbonyl (C=O) groups is 3. The van der Waals surface area contributed by atoms with Crippen molar-refractivity contribution in [3.8, 4) is 0 Å². The van der Waals surface area contributed by atoms with Gasteiger partial charge in [0.1, 0.15) is 0 Å². The maximum atomic E-state index is 12.9. The van der Waals surface area contributed by atoms with E-state index in [2.05, 4.69) is 0 Å². The number of Topliss-reactive ketones (excluding diaryl/α,β-unsaturated/α-hetero) is 1. The second kappa shape index (κ2) is 17.2. The Morgan fingerprint density at radius 2 is 0.938 bits per heavy atom. The Morgan fingerprint density at radius 1 is 0.583 bits per heavy atom. The minimum atomic E-state index is -2.80. The molecule has 0 fully saturated rings. The van der Waals surface area contributed by atoms with Gasteiger partial charge < -0.3 is 18.6 Å². The molecule has 0 saturated heterocycles. The highest BCUT2D eigenvalue weighted by molar-refractivity contribution is 7.80. The molecule has 252 valence electrons. The van der Waals surface area contributed by atoms with E-state index in [4.69, 9.17) is 55.9 Å². The second-order valence-corrected chi connectivity index (χ2v) is 13.0. The monoisotopic (exact) mass is 770 g/mol. The van der Waals surface area contributed by atoms with Crippen molar-refractivity contribution in [1.82, 2.24) is 0 Å². The molecule has 0 N–H and O–H groups in total. The summed E-state index contributed by atoms with van der Waals surface area (Å²) in [5.74, 6) is -3.17.